The van der Waals surface area contributed by atoms with E-state index in [1.807, 2.05) is 0 Å². The largest absolute Gasteiger partial charge is 0.476 e. The van der Waals surface area contributed by atoms with E-state index in [9.17, 15) is 4.79 Å². The summed E-state index contributed by atoms with van der Waals surface area (Å²) in [6.07, 6.45) is 1.04. The van der Waals surface area contributed by atoms with Crippen molar-refractivity contribution in [3.05, 3.63) is 41.6 Å². The first kappa shape index (κ1) is 11.6. The average molecular weight is 244 g/mol. The molecule has 1 N–H and O–H groups in total. The summed E-state index contributed by atoms with van der Waals surface area (Å²) in [5.74, 6) is -0.297. The number of carbonyl (C=O) groups excluding carboxylic acids is 1. The van der Waals surface area contributed by atoms with Crippen molar-refractivity contribution in [3.63, 3.8) is 0 Å². The van der Waals surface area contributed by atoms with Gasteiger partial charge in [-0.2, -0.15) is 15.4 Å². The Kier molecular flexibility index (Phi) is 3.20. The van der Waals surface area contributed by atoms with Gasteiger partial charge in [0.25, 0.3) is 0 Å². The molecule has 0 amide bonds. The molecule has 2 rings (SSSR count). The maximum atomic E-state index is 11.1. The van der Waals surface area contributed by atoms with Crippen LogP contribution in [0.3, 0.4) is 0 Å². The van der Waals surface area contributed by atoms with Crippen molar-refractivity contribution in [2.45, 2.75) is 0 Å². The SMILES string of the molecule is [C-]#[N+]C(=COc1ccc2n[nH]nc2c1)C(=O)OC. The molecule has 90 valence electrons. The molecule has 2 aromatic rings. The molecule has 1 heterocycles. The van der Waals surface area contributed by atoms with Crippen molar-refractivity contribution in [1.82, 2.24) is 15.4 Å². The van der Waals surface area contributed by atoms with E-state index in [1.165, 1.54) is 7.11 Å². The third-order valence-corrected chi connectivity index (χ3v) is 2.11. The van der Waals surface area contributed by atoms with Gasteiger partial charge in [0, 0.05) is 6.07 Å². The summed E-state index contributed by atoms with van der Waals surface area (Å²) in [5.41, 5.74) is 1.09. The van der Waals surface area contributed by atoms with Gasteiger partial charge in [0.2, 0.25) is 0 Å². The zero-order chi connectivity index (χ0) is 13.0. The van der Waals surface area contributed by atoms with Crippen LogP contribution in [0.5, 0.6) is 5.75 Å². The molecule has 0 spiro atoms. The monoisotopic (exact) mass is 244 g/mol. The Bertz CT molecular complexity index is 654. The lowest BCUT2D eigenvalue weighted by Gasteiger charge is -2.00. The molecule has 0 radical (unpaired) electrons. The van der Waals surface area contributed by atoms with Crippen molar-refractivity contribution in [3.8, 4) is 5.75 Å². The minimum atomic E-state index is -0.743. The van der Waals surface area contributed by atoms with Crippen LogP contribution >= 0.6 is 0 Å². The van der Waals surface area contributed by atoms with Crippen molar-refractivity contribution < 1.29 is 14.3 Å². The molecule has 18 heavy (non-hydrogen) atoms. The minimum absolute atomic E-state index is 0.238. The van der Waals surface area contributed by atoms with Gasteiger partial charge in [-0.05, 0) is 12.1 Å². The van der Waals surface area contributed by atoms with E-state index in [1.54, 1.807) is 18.2 Å². The lowest BCUT2D eigenvalue weighted by Crippen LogP contribution is -2.02. The van der Waals surface area contributed by atoms with Gasteiger partial charge in [0.05, 0.1) is 13.7 Å². The van der Waals surface area contributed by atoms with E-state index in [0.29, 0.717) is 16.8 Å². The summed E-state index contributed by atoms with van der Waals surface area (Å²) in [5, 5.41) is 10.2. The summed E-state index contributed by atoms with van der Waals surface area (Å²) >= 11 is 0. The predicted octanol–water partition coefficient (Wildman–Crippen LogP) is 1.27. The van der Waals surface area contributed by atoms with Crippen LogP contribution in [-0.4, -0.2) is 28.5 Å². The first-order valence-electron chi connectivity index (χ1n) is 4.87. The number of hydrogen-bond acceptors (Lipinski definition) is 5. The highest BCUT2D eigenvalue weighted by Gasteiger charge is 2.10. The summed E-state index contributed by atoms with van der Waals surface area (Å²) in [7, 11) is 1.20. The van der Waals surface area contributed by atoms with Gasteiger partial charge in [-0.3, -0.25) is 4.79 Å². The Hall–Kier alpha value is -2.88. The molecule has 0 aliphatic carbocycles. The zero-order valence-corrected chi connectivity index (χ0v) is 9.38. The zero-order valence-electron chi connectivity index (χ0n) is 9.38. The van der Waals surface area contributed by atoms with Crippen LogP contribution in [0.15, 0.2) is 30.2 Å². The van der Waals surface area contributed by atoms with Gasteiger partial charge in [-0.1, -0.05) is 0 Å². The van der Waals surface area contributed by atoms with E-state index >= 15 is 0 Å². The molecule has 7 heteroatoms. The van der Waals surface area contributed by atoms with E-state index in [4.69, 9.17) is 11.3 Å². The van der Waals surface area contributed by atoms with E-state index in [2.05, 4.69) is 25.0 Å². The number of rotatable bonds is 3. The number of aromatic nitrogens is 3. The van der Waals surface area contributed by atoms with Crippen LogP contribution in [-0.2, 0) is 9.53 Å². The quantitative estimate of drug-likeness (QED) is 0.380. The lowest BCUT2D eigenvalue weighted by molar-refractivity contribution is -0.135. The van der Waals surface area contributed by atoms with Crippen LogP contribution in [0.1, 0.15) is 0 Å². The Labute approximate surface area is 102 Å². The summed E-state index contributed by atoms with van der Waals surface area (Å²) in [6.45, 7) is 6.81. The molecular weight excluding hydrogens is 236 g/mol. The minimum Gasteiger partial charge on any atom is -0.476 e. The fourth-order valence-electron chi connectivity index (χ4n) is 1.24. The average Bonchev–Trinajstić information content (AvgIpc) is 2.86. The lowest BCUT2D eigenvalue weighted by atomic mass is 10.3. The second-order valence-corrected chi connectivity index (χ2v) is 3.20. The molecule has 0 saturated heterocycles. The molecule has 0 bridgehead atoms. The van der Waals surface area contributed by atoms with E-state index < -0.39 is 5.97 Å². The number of H-pyrrole nitrogens is 1. The van der Waals surface area contributed by atoms with Gasteiger partial charge >= 0.3 is 11.7 Å². The number of esters is 1. The molecule has 0 fully saturated rings. The Morgan fingerprint density at radius 2 is 2.22 bits per heavy atom. The third kappa shape index (κ3) is 2.27. The molecule has 0 aliphatic heterocycles. The Balaban J connectivity index is 2.20. The van der Waals surface area contributed by atoms with Gasteiger partial charge in [-0.15, -0.1) is 0 Å². The molecule has 0 aliphatic rings. The smallest absolute Gasteiger partial charge is 0.339 e. The number of nitrogens with one attached hydrogen (secondary N) is 1. The van der Waals surface area contributed by atoms with Crippen molar-refractivity contribution in [2.24, 2.45) is 0 Å². The van der Waals surface area contributed by atoms with Crippen molar-refractivity contribution >= 4 is 17.0 Å². The van der Waals surface area contributed by atoms with Crippen molar-refractivity contribution in [2.75, 3.05) is 7.11 Å². The second kappa shape index (κ2) is 4.97. The van der Waals surface area contributed by atoms with Crippen LogP contribution < -0.4 is 4.74 Å². The number of hydrogen-bond donors (Lipinski definition) is 1. The van der Waals surface area contributed by atoms with Gasteiger partial charge < -0.3 is 9.47 Å². The molecule has 7 nitrogen and oxygen atoms in total. The number of ether oxygens (including phenoxy) is 2. The maximum absolute atomic E-state index is 11.1. The standard InChI is InChI=1S/C11H8N4O3/c1-12-10(11(16)17-2)6-18-7-3-4-8-9(5-7)14-15-13-8/h3-6H,2H3,(H,13,14,15). The molecule has 1 aromatic carbocycles. The maximum Gasteiger partial charge on any atom is 0.339 e. The molecule has 1 aromatic heterocycles. The highest BCUT2D eigenvalue weighted by atomic mass is 16.5. The number of methoxy groups -OCH3 is 1. The summed E-state index contributed by atoms with van der Waals surface area (Å²) < 4.78 is 9.62. The van der Waals surface area contributed by atoms with Crippen LogP contribution in [0, 0.1) is 6.57 Å². The topological polar surface area (TPSA) is 81.5 Å². The Morgan fingerprint density at radius 3 is 2.94 bits per heavy atom. The normalized spacial score (nSPS) is 11.0. The molecule has 0 saturated carbocycles. The number of aromatic amines is 1. The predicted molar refractivity (Wildman–Crippen MR) is 61.2 cm³/mol. The number of nitrogens with zero attached hydrogens (tertiary/aromatic N) is 3. The van der Waals surface area contributed by atoms with Gasteiger partial charge in [-0.25, -0.2) is 4.85 Å². The number of carbonyl (C=O) groups is 1. The highest BCUT2D eigenvalue weighted by Crippen LogP contribution is 2.17. The van der Waals surface area contributed by atoms with Crippen LogP contribution in [0.2, 0.25) is 0 Å². The fraction of sp³-hybridized carbons (Fsp3) is 0.0909. The number of fused-ring (bicyclic) bond motifs is 1. The van der Waals surface area contributed by atoms with Crippen LogP contribution in [0.4, 0.5) is 0 Å². The highest BCUT2D eigenvalue weighted by molar-refractivity contribution is 5.90. The van der Waals surface area contributed by atoms with Gasteiger partial charge in [0.15, 0.2) is 0 Å². The first-order chi connectivity index (χ1) is 8.74. The van der Waals surface area contributed by atoms with E-state index in [0.717, 1.165) is 6.26 Å². The second-order valence-electron chi connectivity index (χ2n) is 3.20. The third-order valence-electron chi connectivity index (χ3n) is 2.11. The molecular formula is C11H8N4O3. The Morgan fingerprint density at radius 1 is 1.44 bits per heavy atom. The number of benzene rings is 1. The van der Waals surface area contributed by atoms with Crippen LogP contribution in [0.25, 0.3) is 15.9 Å². The van der Waals surface area contributed by atoms with Crippen molar-refractivity contribution in [1.29, 1.82) is 0 Å². The van der Waals surface area contributed by atoms with E-state index in [-0.39, 0.29) is 5.70 Å². The molecule has 0 atom stereocenters. The first-order valence-corrected chi connectivity index (χ1v) is 4.87. The molecule has 0 unspecified atom stereocenters. The fourth-order valence-corrected chi connectivity index (χ4v) is 1.24. The van der Waals surface area contributed by atoms with Gasteiger partial charge in [0.1, 0.15) is 23.0 Å². The summed E-state index contributed by atoms with van der Waals surface area (Å²) in [6, 6.07) is 4.99. The summed E-state index contributed by atoms with van der Waals surface area (Å²) in [4.78, 5) is 14.1.